The smallest absolute Gasteiger partial charge is 0.220 e. The first kappa shape index (κ1) is 16.5. The summed E-state index contributed by atoms with van der Waals surface area (Å²) >= 11 is 0. The van der Waals surface area contributed by atoms with E-state index in [0.717, 1.165) is 26.1 Å². The molecule has 4 heteroatoms. The fourth-order valence-corrected chi connectivity index (χ4v) is 2.21. The van der Waals surface area contributed by atoms with Crippen LogP contribution in [-0.4, -0.2) is 39.1 Å². The number of nitrogens with one attached hydrogen (secondary N) is 2. The van der Waals surface area contributed by atoms with Crippen molar-refractivity contribution in [2.24, 2.45) is 0 Å². The zero-order chi connectivity index (χ0) is 14.8. The van der Waals surface area contributed by atoms with E-state index in [-0.39, 0.29) is 5.91 Å². The average molecular weight is 277 g/mol. The van der Waals surface area contributed by atoms with Gasteiger partial charge >= 0.3 is 0 Å². The number of anilines is 1. The van der Waals surface area contributed by atoms with E-state index in [4.69, 9.17) is 0 Å². The quantitative estimate of drug-likeness (QED) is 0.678. The van der Waals surface area contributed by atoms with Crippen molar-refractivity contribution in [2.75, 3.05) is 38.1 Å². The maximum Gasteiger partial charge on any atom is 0.220 e. The number of carbonyl (C=O) groups excluding carboxylic acids is 1. The first-order valence-electron chi connectivity index (χ1n) is 7.41. The number of hydrogen-bond acceptors (Lipinski definition) is 3. The number of carbonyl (C=O) groups is 1. The van der Waals surface area contributed by atoms with Gasteiger partial charge in [-0.05, 0) is 45.5 Å². The van der Waals surface area contributed by atoms with Gasteiger partial charge in [-0.3, -0.25) is 4.79 Å². The van der Waals surface area contributed by atoms with Crippen LogP contribution in [0.25, 0.3) is 0 Å². The van der Waals surface area contributed by atoms with Gasteiger partial charge in [-0.1, -0.05) is 18.2 Å². The van der Waals surface area contributed by atoms with Crippen molar-refractivity contribution in [1.82, 2.24) is 10.6 Å². The highest BCUT2D eigenvalue weighted by Gasteiger charge is 2.07. The van der Waals surface area contributed by atoms with Crippen molar-refractivity contribution in [1.29, 1.82) is 0 Å². The molecule has 0 aliphatic carbocycles. The molecule has 1 aromatic rings. The molecule has 1 amide bonds. The Morgan fingerprint density at radius 3 is 2.65 bits per heavy atom. The summed E-state index contributed by atoms with van der Waals surface area (Å²) in [4.78, 5) is 13.9. The van der Waals surface area contributed by atoms with Crippen molar-refractivity contribution >= 4 is 11.6 Å². The van der Waals surface area contributed by atoms with Crippen LogP contribution in [0.4, 0.5) is 5.69 Å². The van der Waals surface area contributed by atoms with Crippen LogP contribution in [0.2, 0.25) is 0 Å². The summed E-state index contributed by atoms with van der Waals surface area (Å²) in [5, 5.41) is 6.03. The number of amides is 1. The normalized spacial score (nSPS) is 10.3. The topological polar surface area (TPSA) is 44.4 Å². The van der Waals surface area contributed by atoms with Gasteiger partial charge in [0.05, 0.1) is 0 Å². The molecule has 112 valence electrons. The molecule has 0 saturated heterocycles. The summed E-state index contributed by atoms with van der Waals surface area (Å²) in [5.74, 6) is 0.140. The number of para-hydroxylation sites is 1. The van der Waals surface area contributed by atoms with E-state index >= 15 is 0 Å². The molecule has 0 aromatic heterocycles. The second-order valence-corrected chi connectivity index (χ2v) is 4.92. The van der Waals surface area contributed by atoms with Crippen LogP contribution >= 0.6 is 0 Å². The molecule has 0 saturated carbocycles. The lowest BCUT2D eigenvalue weighted by Crippen LogP contribution is -2.35. The Hall–Kier alpha value is -1.55. The highest BCUT2D eigenvalue weighted by molar-refractivity contribution is 5.75. The molecule has 0 unspecified atom stereocenters. The molecular weight excluding hydrogens is 250 g/mol. The Balaban J connectivity index is 2.35. The van der Waals surface area contributed by atoms with Gasteiger partial charge in [-0.15, -0.1) is 0 Å². The molecule has 1 aromatic carbocycles. The molecule has 20 heavy (non-hydrogen) atoms. The van der Waals surface area contributed by atoms with E-state index in [0.29, 0.717) is 13.0 Å². The Bertz CT molecular complexity index is 406. The van der Waals surface area contributed by atoms with Crippen LogP contribution in [0, 0.1) is 6.92 Å². The van der Waals surface area contributed by atoms with E-state index in [1.807, 2.05) is 7.05 Å². The fourth-order valence-electron chi connectivity index (χ4n) is 2.21. The Labute approximate surface area is 122 Å². The summed E-state index contributed by atoms with van der Waals surface area (Å²) in [5.41, 5.74) is 2.52. The lowest BCUT2D eigenvalue weighted by molar-refractivity contribution is -0.121. The maximum atomic E-state index is 11.6. The predicted octanol–water partition coefficient (Wildman–Crippen LogP) is 1.94. The Kier molecular flexibility index (Phi) is 7.73. The van der Waals surface area contributed by atoms with E-state index < -0.39 is 0 Å². The number of hydrogen-bond donors (Lipinski definition) is 2. The predicted molar refractivity (Wildman–Crippen MR) is 85.2 cm³/mol. The van der Waals surface area contributed by atoms with E-state index in [1.54, 1.807) is 0 Å². The van der Waals surface area contributed by atoms with Crippen molar-refractivity contribution in [2.45, 2.75) is 26.7 Å². The summed E-state index contributed by atoms with van der Waals surface area (Å²) in [7, 11) is 1.90. The third-order valence-corrected chi connectivity index (χ3v) is 3.37. The van der Waals surface area contributed by atoms with Gasteiger partial charge < -0.3 is 15.5 Å². The molecule has 0 atom stereocenters. The maximum absolute atomic E-state index is 11.6. The second-order valence-electron chi connectivity index (χ2n) is 4.92. The van der Waals surface area contributed by atoms with Crippen LogP contribution in [0.1, 0.15) is 25.3 Å². The van der Waals surface area contributed by atoms with Gasteiger partial charge in [0.15, 0.2) is 0 Å². The van der Waals surface area contributed by atoms with E-state index in [1.165, 1.54) is 11.3 Å². The molecule has 0 aliphatic heterocycles. The molecule has 0 fully saturated rings. The minimum atomic E-state index is 0.140. The van der Waals surface area contributed by atoms with Crippen LogP contribution in [0.15, 0.2) is 24.3 Å². The molecule has 0 aliphatic rings. The largest absolute Gasteiger partial charge is 0.370 e. The number of benzene rings is 1. The monoisotopic (exact) mass is 277 g/mol. The standard InChI is InChI=1S/C16H27N3O/c1-4-19(15-9-6-5-8-14(15)2)13-12-18-16(20)10-7-11-17-3/h5-6,8-9,17H,4,7,10-13H2,1-3H3,(H,18,20). The lowest BCUT2D eigenvalue weighted by atomic mass is 10.2. The summed E-state index contributed by atoms with van der Waals surface area (Å²) < 4.78 is 0. The minimum absolute atomic E-state index is 0.140. The molecule has 0 radical (unpaired) electrons. The van der Waals surface area contributed by atoms with Gasteiger partial charge in [0, 0.05) is 31.7 Å². The highest BCUT2D eigenvalue weighted by Crippen LogP contribution is 2.18. The van der Waals surface area contributed by atoms with Crippen molar-refractivity contribution in [3.8, 4) is 0 Å². The molecular formula is C16H27N3O. The molecule has 0 heterocycles. The lowest BCUT2D eigenvalue weighted by Gasteiger charge is -2.25. The van der Waals surface area contributed by atoms with Crippen LogP contribution in [0.3, 0.4) is 0 Å². The third kappa shape index (κ3) is 5.61. The van der Waals surface area contributed by atoms with Gasteiger partial charge in [-0.25, -0.2) is 0 Å². The number of rotatable bonds is 9. The number of likely N-dealkylation sites (N-methyl/N-ethyl adjacent to an activating group) is 1. The van der Waals surface area contributed by atoms with Gasteiger partial charge in [0.2, 0.25) is 5.91 Å². The molecule has 1 rings (SSSR count). The van der Waals surface area contributed by atoms with E-state index in [2.05, 4.69) is 53.6 Å². The van der Waals surface area contributed by atoms with Gasteiger partial charge in [0.25, 0.3) is 0 Å². The van der Waals surface area contributed by atoms with Crippen molar-refractivity contribution < 1.29 is 4.79 Å². The molecule has 0 bridgehead atoms. The van der Waals surface area contributed by atoms with Crippen LogP contribution in [-0.2, 0) is 4.79 Å². The minimum Gasteiger partial charge on any atom is -0.370 e. The van der Waals surface area contributed by atoms with E-state index in [9.17, 15) is 4.79 Å². The second kappa shape index (κ2) is 9.37. The summed E-state index contributed by atoms with van der Waals surface area (Å²) in [6, 6.07) is 8.36. The average Bonchev–Trinajstić information content (AvgIpc) is 2.45. The fraction of sp³-hybridized carbons (Fsp3) is 0.562. The molecule has 2 N–H and O–H groups in total. The summed E-state index contributed by atoms with van der Waals surface area (Å²) in [6.45, 7) is 7.63. The summed E-state index contributed by atoms with van der Waals surface area (Å²) in [6.07, 6.45) is 1.48. The Morgan fingerprint density at radius 2 is 2.00 bits per heavy atom. The number of nitrogens with zero attached hydrogens (tertiary/aromatic N) is 1. The van der Waals surface area contributed by atoms with Crippen LogP contribution in [0.5, 0.6) is 0 Å². The highest BCUT2D eigenvalue weighted by atomic mass is 16.1. The van der Waals surface area contributed by atoms with Crippen molar-refractivity contribution in [3.63, 3.8) is 0 Å². The zero-order valence-corrected chi connectivity index (χ0v) is 12.9. The van der Waals surface area contributed by atoms with Gasteiger partial charge in [-0.2, -0.15) is 0 Å². The van der Waals surface area contributed by atoms with Crippen LogP contribution < -0.4 is 15.5 Å². The zero-order valence-electron chi connectivity index (χ0n) is 12.9. The third-order valence-electron chi connectivity index (χ3n) is 3.37. The van der Waals surface area contributed by atoms with Gasteiger partial charge in [0.1, 0.15) is 0 Å². The number of aryl methyl sites for hydroxylation is 1. The molecule has 4 nitrogen and oxygen atoms in total. The molecule has 0 spiro atoms. The SMILES string of the molecule is CCN(CCNC(=O)CCCNC)c1ccccc1C. The Morgan fingerprint density at radius 1 is 1.25 bits per heavy atom. The first-order valence-corrected chi connectivity index (χ1v) is 7.41. The van der Waals surface area contributed by atoms with Crippen molar-refractivity contribution in [3.05, 3.63) is 29.8 Å². The first-order chi connectivity index (χ1) is 9.69.